The van der Waals surface area contributed by atoms with Gasteiger partial charge in [0.05, 0.1) is 16.0 Å². The molecule has 114 valence electrons. The average molecular weight is 335 g/mol. The molecule has 3 aromatic rings. The lowest BCUT2D eigenvalue weighted by Gasteiger charge is -2.05. The summed E-state index contributed by atoms with van der Waals surface area (Å²) in [4.78, 5) is 5.37. The van der Waals surface area contributed by atoms with Crippen molar-refractivity contribution in [2.45, 2.75) is 11.5 Å². The van der Waals surface area contributed by atoms with Gasteiger partial charge in [-0.3, -0.25) is 0 Å². The minimum Gasteiger partial charge on any atom is -0.484 e. The average Bonchev–Trinajstić information content (AvgIpc) is 3.15. The second-order valence-electron chi connectivity index (χ2n) is 4.63. The largest absolute Gasteiger partial charge is 0.484 e. The van der Waals surface area contributed by atoms with Crippen LogP contribution in [0.2, 0.25) is 0 Å². The van der Waals surface area contributed by atoms with Crippen LogP contribution >= 0.6 is 11.3 Å². The van der Waals surface area contributed by atoms with E-state index >= 15 is 0 Å². The Morgan fingerprint density at radius 3 is 2.86 bits per heavy atom. The molecule has 1 aromatic carbocycles. The number of benzene rings is 1. The molecule has 0 aliphatic heterocycles. The maximum atomic E-state index is 11.5. The van der Waals surface area contributed by atoms with Crippen molar-refractivity contribution in [2.24, 2.45) is 0 Å². The number of sulfone groups is 1. The molecule has 3 rings (SSSR count). The maximum absolute atomic E-state index is 11.5. The summed E-state index contributed by atoms with van der Waals surface area (Å²) >= 11 is 1.57. The first kappa shape index (κ1) is 14.8. The molecular formula is C15H13NO4S2. The van der Waals surface area contributed by atoms with Crippen molar-refractivity contribution in [3.63, 3.8) is 0 Å². The molecule has 0 aliphatic carbocycles. The van der Waals surface area contributed by atoms with Crippen LogP contribution in [0.4, 0.5) is 0 Å². The third-order valence-electron chi connectivity index (χ3n) is 2.91. The van der Waals surface area contributed by atoms with Crippen LogP contribution in [0.5, 0.6) is 5.75 Å². The van der Waals surface area contributed by atoms with Gasteiger partial charge in [-0.05, 0) is 29.6 Å². The minimum absolute atomic E-state index is 0.137. The molecule has 22 heavy (non-hydrogen) atoms. The van der Waals surface area contributed by atoms with E-state index in [-0.39, 0.29) is 11.5 Å². The molecule has 0 bridgehead atoms. The number of thiophene rings is 1. The zero-order chi connectivity index (χ0) is 15.6. The third-order valence-corrected chi connectivity index (χ3v) is 4.91. The van der Waals surface area contributed by atoms with Crippen molar-refractivity contribution in [2.75, 3.05) is 6.26 Å². The summed E-state index contributed by atoms with van der Waals surface area (Å²) in [5, 5.41) is 1.96. The summed E-state index contributed by atoms with van der Waals surface area (Å²) in [6.45, 7) is 0.137. The highest BCUT2D eigenvalue weighted by Gasteiger charge is 2.10. The van der Waals surface area contributed by atoms with Gasteiger partial charge < -0.3 is 9.15 Å². The predicted octanol–water partition coefficient (Wildman–Crippen LogP) is 3.39. The lowest BCUT2D eigenvalue weighted by molar-refractivity contribution is 0.264. The van der Waals surface area contributed by atoms with Gasteiger partial charge in [0.1, 0.15) is 5.75 Å². The van der Waals surface area contributed by atoms with E-state index in [0.29, 0.717) is 17.4 Å². The van der Waals surface area contributed by atoms with E-state index in [2.05, 4.69) is 4.98 Å². The first-order valence-electron chi connectivity index (χ1n) is 6.44. The Kier molecular flexibility index (Phi) is 4.00. The molecule has 0 spiro atoms. The number of rotatable bonds is 5. The van der Waals surface area contributed by atoms with E-state index in [1.165, 1.54) is 12.1 Å². The summed E-state index contributed by atoms with van der Waals surface area (Å²) in [6.07, 6.45) is 2.81. The Morgan fingerprint density at radius 2 is 2.14 bits per heavy atom. The van der Waals surface area contributed by atoms with Crippen molar-refractivity contribution in [1.29, 1.82) is 0 Å². The van der Waals surface area contributed by atoms with Gasteiger partial charge in [0.15, 0.2) is 22.2 Å². The van der Waals surface area contributed by atoms with Gasteiger partial charge in [0.2, 0.25) is 5.89 Å². The summed E-state index contributed by atoms with van der Waals surface area (Å²) < 4.78 is 34.2. The lowest BCUT2D eigenvalue weighted by Crippen LogP contribution is -1.99. The highest BCUT2D eigenvalue weighted by atomic mass is 32.2. The van der Waals surface area contributed by atoms with Crippen LogP contribution in [0.1, 0.15) is 5.89 Å². The zero-order valence-electron chi connectivity index (χ0n) is 11.7. The Bertz CT molecular complexity index is 867. The number of aromatic nitrogens is 1. The number of hydrogen-bond acceptors (Lipinski definition) is 6. The molecule has 2 heterocycles. The Labute approximate surface area is 132 Å². The molecule has 0 radical (unpaired) electrons. The highest BCUT2D eigenvalue weighted by molar-refractivity contribution is 7.90. The molecule has 0 fully saturated rings. The number of hydrogen-bond donors (Lipinski definition) is 0. The van der Waals surface area contributed by atoms with Gasteiger partial charge in [0.25, 0.3) is 0 Å². The monoisotopic (exact) mass is 335 g/mol. The molecule has 7 heteroatoms. The minimum atomic E-state index is -3.25. The molecule has 0 saturated heterocycles. The number of nitrogens with zero attached hydrogens (tertiary/aromatic N) is 1. The van der Waals surface area contributed by atoms with E-state index < -0.39 is 9.84 Å². The fraction of sp³-hybridized carbons (Fsp3) is 0.133. The summed E-state index contributed by atoms with van der Waals surface area (Å²) in [7, 11) is -3.25. The van der Waals surface area contributed by atoms with Crippen molar-refractivity contribution < 1.29 is 17.6 Å². The van der Waals surface area contributed by atoms with Crippen molar-refractivity contribution in [3.05, 3.63) is 53.9 Å². The van der Waals surface area contributed by atoms with Crippen LogP contribution in [0, 0.1) is 0 Å². The lowest BCUT2D eigenvalue weighted by atomic mass is 10.3. The van der Waals surface area contributed by atoms with Gasteiger partial charge in [-0.1, -0.05) is 12.1 Å². The fourth-order valence-electron chi connectivity index (χ4n) is 1.85. The zero-order valence-corrected chi connectivity index (χ0v) is 13.4. The summed E-state index contributed by atoms with van der Waals surface area (Å²) in [6, 6.07) is 10.2. The molecule has 0 N–H and O–H groups in total. The standard InChI is InChI=1S/C15H13NO4S2/c1-22(17,18)12-5-2-4-11(8-12)19-10-15-16-9-13(20-15)14-6-3-7-21-14/h2-9H,10H2,1H3. The summed E-state index contributed by atoms with van der Waals surface area (Å²) in [5.41, 5.74) is 0. The Morgan fingerprint density at radius 1 is 1.27 bits per heavy atom. The number of ether oxygens (including phenoxy) is 1. The molecule has 5 nitrogen and oxygen atoms in total. The summed E-state index contributed by atoms with van der Waals surface area (Å²) in [5.74, 6) is 1.59. The van der Waals surface area contributed by atoms with E-state index in [4.69, 9.17) is 9.15 Å². The van der Waals surface area contributed by atoms with Crippen LogP contribution in [0.3, 0.4) is 0 Å². The van der Waals surface area contributed by atoms with Gasteiger partial charge >= 0.3 is 0 Å². The first-order chi connectivity index (χ1) is 10.5. The normalized spacial score (nSPS) is 11.5. The smallest absolute Gasteiger partial charge is 0.232 e. The van der Waals surface area contributed by atoms with Crippen LogP contribution < -0.4 is 4.74 Å². The van der Waals surface area contributed by atoms with E-state index in [1.807, 2.05) is 17.5 Å². The van der Waals surface area contributed by atoms with Gasteiger partial charge in [-0.25, -0.2) is 13.4 Å². The molecule has 0 unspecified atom stereocenters. The number of oxazole rings is 1. The van der Waals surface area contributed by atoms with E-state index in [0.717, 1.165) is 11.1 Å². The molecule has 0 atom stereocenters. The van der Waals surface area contributed by atoms with Gasteiger partial charge in [-0.2, -0.15) is 0 Å². The van der Waals surface area contributed by atoms with Gasteiger partial charge in [-0.15, -0.1) is 11.3 Å². The SMILES string of the molecule is CS(=O)(=O)c1cccc(OCc2ncc(-c3cccs3)o2)c1. The van der Waals surface area contributed by atoms with Crippen LogP contribution in [0.15, 0.2) is 57.3 Å². The molecule has 2 aromatic heterocycles. The second-order valence-corrected chi connectivity index (χ2v) is 7.59. The Hall–Kier alpha value is -2.12. The maximum Gasteiger partial charge on any atom is 0.232 e. The predicted molar refractivity (Wildman–Crippen MR) is 83.7 cm³/mol. The van der Waals surface area contributed by atoms with Crippen LogP contribution in [-0.4, -0.2) is 19.7 Å². The Balaban J connectivity index is 1.71. The van der Waals surface area contributed by atoms with Crippen LogP contribution in [-0.2, 0) is 16.4 Å². The van der Waals surface area contributed by atoms with Crippen LogP contribution in [0.25, 0.3) is 10.6 Å². The van der Waals surface area contributed by atoms with Gasteiger partial charge in [0, 0.05) is 6.26 Å². The quantitative estimate of drug-likeness (QED) is 0.715. The second kappa shape index (κ2) is 5.94. The van der Waals surface area contributed by atoms with Crippen molar-refractivity contribution in [3.8, 4) is 16.4 Å². The van der Waals surface area contributed by atoms with E-state index in [9.17, 15) is 8.42 Å². The highest BCUT2D eigenvalue weighted by Crippen LogP contribution is 2.25. The van der Waals surface area contributed by atoms with E-state index in [1.54, 1.807) is 29.7 Å². The first-order valence-corrected chi connectivity index (χ1v) is 9.21. The fourth-order valence-corrected chi connectivity index (χ4v) is 3.18. The molecule has 0 saturated carbocycles. The van der Waals surface area contributed by atoms with Crippen molar-refractivity contribution in [1.82, 2.24) is 4.98 Å². The molecular weight excluding hydrogens is 322 g/mol. The van der Waals surface area contributed by atoms with Crippen molar-refractivity contribution >= 4 is 21.2 Å². The molecule has 0 amide bonds. The topological polar surface area (TPSA) is 69.4 Å². The third kappa shape index (κ3) is 3.37. The molecule has 0 aliphatic rings.